The Morgan fingerprint density at radius 2 is 1.25 bits per heavy atom. The fourth-order valence-electron chi connectivity index (χ4n) is 6.60. The van der Waals surface area contributed by atoms with Gasteiger partial charge in [-0.3, -0.25) is 4.55 Å². The van der Waals surface area contributed by atoms with Gasteiger partial charge in [0.25, 0.3) is 10.1 Å². The van der Waals surface area contributed by atoms with Gasteiger partial charge in [-0.25, -0.2) is 0 Å². The zero-order chi connectivity index (χ0) is 19.6. The molecule has 0 bridgehead atoms. The van der Waals surface area contributed by atoms with Gasteiger partial charge in [0.05, 0.1) is 0 Å². The van der Waals surface area contributed by atoms with Gasteiger partial charge >= 0.3 is 0 Å². The Morgan fingerprint density at radius 3 is 1.79 bits per heavy atom. The maximum atomic E-state index is 12.9. The lowest BCUT2D eigenvalue weighted by Gasteiger charge is -2.43. The molecule has 0 aromatic heterocycles. The highest BCUT2D eigenvalue weighted by Crippen LogP contribution is 2.50. The molecule has 158 valence electrons. The lowest BCUT2D eigenvalue weighted by atomic mass is 9.68. The Balaban J connectivity index is 1.75. The van der Waals surface area contributed by atoms with E-state index < -0.39 is 14.9 Å². The second kappa shape index (κ2) is 8.63. The van der Waals surface area contributed by atoms with Crippen LogP contribution >= 0.6 is 0 Å². The summed E-state index contributed by atoms with van der Waals surface area (Å²) in [6.45, 7) is 0. The van der Waals surface area contributed by atoms with E-state index in [2.05, 4.69) is 12.2 Å². The van der Waals surface area contributed by atoms with Gasteiger partial charge in [0.15, 0.2) is 0 Å². The first-order valence-corrected chi connectivity index (χ1v) is 13.3. The standard InChI is InChI=1S/C24H38O3S/c25-28(26,27)24(23-14-8-3-9-15-23)17-21(19-10-4-1-5-11-19)16-22(18-24)20-12-6-2-7-13-20/h16-17,19-20,23H,1-15,18H2,(H,25,26,27). The summed E-state index contributed by atoms with van der Waals surface area (Å²) in [5.41, 5.74) is 2.58. The predicted molar refractivity (Wildman–Crippen MR) is 115 cm³/mol. The molecule has 3 nitrogen and oxygen atoms in total. The van der Waals surface area contributed by atoms with Crippen molar-refractivity contribution >= 4 is 10.1 Å². The van der Waals surface area contributed by atoms with E-state index in [4.69, 9.17) is 0 Å². The fourth-order valence-corrected chi connectivity index (χ4v) is 7.89. The van der Waals surface area contributed by atoms with Crippen molar-refractivity contribution in [1.29, 1.82) is 0 Å². The highest BCUT2D eigenvalue weighted by Gasteiger charge is 2.50. The van der Waals surface area contributed by atoms with Crippen LogP contribution in [0.5, 0.6) is 0 Å². The van der Waals surface area contributed by atoms with Crippen LogP contribution in [0.4, 0.5) is 0 Å². The van der Waals surface area contributed by atoms with E-state index in [0.29, 0.717) is 18.3 Å². The van der Waals surface area contributed by atoms with E-state index in [1.807, 2.05) is 0 Å². The second-order valence-corrected chi connectivity index (χ2v) is 11.7. The van der Waals surface area contributed by atoms with Crippen LogP contribution in [0.2, 0.25) is 0 Å². The number of rotatable bonds is 4. The molecule has 0 aliphatic heterocycles. The van der Waals surface area contributed by atoms with Crippen LogP contribution in [0, 0.1) is 17.8 Å². The Labute approximate surface area is 171 Å². The van der Waals surface area contributed by atoms with Crippen LogP contribution in [-0.2, 0) is 10.1 Å². The van der Waals surface area contributed by atoms with Crippen LogP contribution in [0.3, 0.4) is 0 Å². The van der Waals surface area contributed by atoms with Gasteiger partial charge in [-0.1, -0.05) is 75.5 Å². The molecule has 1 unspecified atom stereocenters. The van der Waals surface area contributed by atoms with Gasteiger partial charge in [-0.05, 0) is 68.3 Å². The summed E-state index contributed by atoms with van der Waals surface area (Å²) in [6.07, 6.45) is 22.6. The molecule has 1 N–H and O–H groups in total. The molecule has 0 spiro atoms. The first kappa shape index (κ1) is 20.7. The molecule has 0 aromatic rings. The van der Waals surface area contributed by atoms with Crippen molar-refractivity contribution in [2.75, 3.05) is 0 Å². The lowest BCUT2D eigenvalue weighted by molar-refractivity contribution is 0.269. The molecule has 3 fully saturated rings. The number of hydrogen-bond donors (Lipinski definition) is 1. The number of allylic oxidation sites excluding steroid dienone is 3. The summed E-state index contributed by atoms with van der Waals surface area (Å²) in [7, 11) is -4.15. The Kier molecular flexibility index (Phi) is 6.37. The average Bonchev–Trinajstić information content (AvgIpc) is 2.74. The van der Waals surface area contributed by atoms with E-state index >= 15 is 0 Å². The quantitative estimate of drug-likeness (QED) is 0.534. The van der Waals surface area contributed by atoms with Crippen LogP contribution < -0.4 is 0 Å². The normalized spacial score (nSPS) is 32.0. The van der Waals surface area contributed by atoms with Crippen molar-refractivity contribution in [2.45, 2.75) is 107 Å². The third-order valence-electron chi connectivity index (χ3n) is 8.23. The summed E-state index contributed by atoms with van der Waals surface area (Å²) in [6, 6.07) is 0. The minimum absolute atomic E-state index is 0.0714. The third kappa shape index (κ3) is 4.14. The molecule has 1 atom stereocenters. The Morgan fingerprint density at radius 1 is 0.750 bits per heavy atom. The molecule has 0 radical (unpaired) electrons. The molecular weight excluding hydrogens is 368 g/mol. The van der Waals surface area contributed by atoms with Gasteiger partial charge in [-0.2, -0.15) is 8.42 Å². The molecule has 0 amide bonds. The van der Waals surface area contributed by atoms with E-state index in [1.54, 1.807) is 0 Å². The maximum Gasteiger partial charge on any atom is 0.274 e. The summed E-state index contributed by atoms with van der Waals surface area (Å²) in [5, 5.41) is 0. The largest absolute Gasteiger partial charge is 0.285 e. The first-order chi connectivity index (χ1) is 13.5. The molecule has 0 aromatic carbocycles. The van der Waals surface area contributed by atoms with Crippen molar-refractivity contribution in [3.05, 3.63) is 23.3 Å². The molecular formula is C24H38O3S. The van der Waals surface area contributed by atoms with Gasteiger partial charge < -0.3 is 0 Å². The van der Waals surface area contributed by atoms with Crippen molar-refractivity contribution in [2.24, 2.45) is 17.8 Å². The zero-order valence-corrected chi connectivity index (χ0v) is 18.2. The molecule has 0 saturated heterocycles. The zero-order valence-electron chi connectivity index (χ0n) is 17.4. The smallest absolute Gasteiger partial charge is 0.274 e. The molecule has 28 heavy (non-hydrogen) atoms. The van der Waals surface area contributed by atoms with Crippen molar-refractivity contribution in [1.82, 2.24) is 0 Å². The van der Waals surface area contributed by atoms with Crippen LogP contribution in [0.25, 0.3) is 0 Å². The average molecular weight is 407 g/mol. The Bertz CT molecular complexity index is 702. The van der Waals surface area contributed by atoms with Crippen LogP contribution in [0.1, 0.15) is 103 Å². The molecule has 4 aliphatic rings. The van der Waals surface area contributed by atoms with E-state index in [-0.39, 0.29) is 5.92 Å². The summed E-state index contributed by atoms with van der Waals surface area (Å²) in [5.74, 6) is 1.07. The minimum Gasteiger partial charge on any atom is -0.285 e. The highest BCUT2D eigenvalue weighted by atomic mass is 32.2. The van der Waals surface area contributed by atoms with Gasteiger partial charge in [-0.15, -0.1) is 0 Å². The summed E-state index contributed by atoms with van der Waals surface area (Å²) < 4.78 is 35.4. The fraction of sp³-hybridized carbons (Fsp3) is 0.833. The van der Waals surface area contributed by atoms with Gasteiger partial charge in [0.1, 0.15) is 4.75 Å². The van der Waals surface area contributed by atoms with Gasteiger partial charge in [0.2, 0.25) is 0 Å². The van der Waals surface area contributed by atoms with Crippen molar-refractivity contribution in [3.63, 3.8) is 0 Å². The van der Waals surface area contributed by atoms with E-state index in [0.717, 1.165) is 25.7 Å². The number of hydrogen-bond acceptors (Lipinski definition) is 2. The van der Waals surface area contributed by atoms with Crippen LogP contribution in [0.15, 0.2) is 23.3 Å². The van der Waals surface area contributed by atoms with Crippen molar-refractivity contribution < 1.29 is 13.0 Å². The third-order valence-corrected chi connectivity index (χ3v) is 9.78. The highest BCUT2D eigenvalue weighted by molar-refractivity contribution is 7.87. The van der Waals surface area contributed by atoms with Gasteiger partial charge in [0, 0.05) is 0 Å². The molecule has 4 rings (SSSR count). The lowest BCUT2D eigenvalue weighted by Crippen LogP contribution is -2.47. The predicted octanol–water partition coefficient (Wildman–Crippen LogP) is 6.61. The Hall–Kier alpha value is -0.610. The van der Waals surface area contributed by atoms with Crippen molar-refractivity contribution in [3.8, 4) is 0 Å². The van der Waals surface area contributed by atoms with Crippen LogP contribution in [-0.4, -0.2) is 17.7 Å². The topological polar surface area (TPSA) is 54.4 Å². The molecule has 4 aliphatic carbocycles. The maximum absolute atomic E-state index is 12.9. The molecule has 0 heterocycles. The minimum atomic E-state index is -4.15. The molecule has 3 saturated carbocycles. The monoisotopic (exact) mass is 406 g/mol. The summed E-state index contributed by atoms with van der Waals surface area (Å²) >= 11 is 0. The van der Waals surface area contributed by atoms with E-state index in [9.17, 15) is 13.0 Å². The SMILES string of the molecule is O=S(=O)(O)C1(C2CCCCC2)C=C(C2CCCCC2)C=C(C2CCCCC2)C1. The van der Waals surface area contributed by atoms with E-state index in [1.165, 1.54) is 81.8 Å². The summed E-state index contributed by atoms with van der Waals surface area (Å²) in [4.78, 5) is 0. The molecule has 4 heteroatoms. The second-order valence-electron chi connectivity index (χ2n) is 9.98. The first-order valence-electron chi connectivity index (χ1n) is 11.9.